The van der Waals surface area contributed by atoms with Crippen LogP contribution in [0.5, 0.6) is 0 Å². The molecule has 1 rings (SSSR count). The average Bonchev–Trinajstić information content (AvgIpc) is 2.52. The van der Waals surface area contributed by atoms with Crippen molar-refractivity contribution in [3.8, 4) is 0 Å². The molecule has 0 heterocycles. The van der Waals surface area contributed by atoms with E-state index in [2.05, 4.69) is 0 Å². The van der Waals surface area contributed by atoms with Gasteiger partial charge in [0.15, 0.2) is 40.7 Å². The summed E-state index contributed by atoms with van der Waals surface area (Å²) in [5, 5.41) is 0. The average molecular weight is 346 g/mol. The zero-order valence-corrected chi connectivity index (χ0v) is 11.5. The van der Waals surface area contributed by atoms with E-state index in [0.717, 1.165) is 6.92 Å². The maximum absolute atomic E-state index is 13.8. The Morgan fingerprint density at radius 2 is 1.09 bits per heavy atom. The van der Waals surface area contributed by atoms with Crippen molar-refractivity contribution in [2.75, 3.05) is 0 Å². The second-order valence-corrected chi connectivity index (χ2v) is 4.12. The van der Waals surface area contributed by atoms with Gasteiger partial charge in [-0.2, -0.15) is 0 Å². The lowest BCUT2D eigenvalue weighted by Crippen LogP contribution is -2.08. The van der Waals surface area contributed by atoms with Crippen LogP contribution in [0.3, 0.4) is 0 Å². The van der Waals surface area contributed by atoms with E-state index in [-0.39, 0.29) is 0 Å². The van der Waals surface area contributed by atoms with Crippen molar-refractivity contribution in [1.82, 2.24) is 0 Å². The van der Waals surface area contributed by atoms with Gasteiger partial charge in [0.1, 0.15) is 5.83 Å². The highest BCUT2D eigenvalue weighted by atomic mass is 19.2. The summed E-state index contributed by atoms with van der Waals surface area (Å²) in [6, 6.07) is 0. The summed E-state index contributed by atoms with van der Waals surface area (Å²) < 4.78 is 120. The molecule has 0 atom stereocenters. The van der Waals surface area contributed by atoms with Gasteiger partial charge in [0.25, 0.3) is 0 Å². The van der Waals surface area contributed by atoms with Crippen molar-refractivity contribution < 1.29 is 39.5 Å². The van der Waals surface area contributed by atoms with Gasteiger partial charge in [-0.15, -0.1) is 0 Å². The van der Waals surface area contributed by atoms with Crippen LogP contribution >= 0.6 is 0 Å². The Bertz CT molecular complexity index is 708. The molecule has 0 amide bonds. The molecule has 0 radical (unpaired) electrons. The van der Waals surface area contributed by atoms with Gasteiger partial charge >= 0.3 is 0 Å². The molecule has 0 aromatic heterocycles. The smallest absolute Gasteiger partial charge is 0.200 e. The summed E-state index contributed by atoms with van der Waals surface area (Å²) in [6.07, 6.45) is 0.377. The van der Waals surface area contributed by atoms with Crippen LogP contribution in [0.15, 0.2) is 29.4 Å². The lowest BCUT2D eigenvalue weighted by atomic mass is 10.00. The van der Waals surface area contributed by atoms with Gasteiger partial charge in [0, 0.05) is 0 Å². The lowest BCUT2D eigenvalue weighted by molar-refractivity contribution is 0.375. The second kappa shape index (κ2) is 6.93. The molecule has 0 aliphatic heterocycles. The molecular formula is C14H7F9. The third kappa shape index (κ3) is 3.27. The molecule has 23 heavy (non-hydrogen) atoms. The summed E-state index contributed by atoms with van der Waals surface area (Å²) >= 11 is 0. The first-order valence-electron chi connectivity index (χ1n) is 5.82. The molecule has 0 nitrogen and oxygen atoms in total. The van der Waals surface area contributed by atoms with Crippen molar-refractivity contribution >= 4 is 5.57 Å². The Balaban J connectivity index is 4.05. The lowest BCUT2D eigenvalue weighted by Gasteiger charge is -2.12. The predicted molar refractivity (Wildman–Crippen MR) is 64.0 cm³/mol. The molecule has 0 fully saturated rings. The van der Waals surface area contributed by atoms with Crippen LogP contribution in [-0.4, -0.2) is 0 Å². The van der Waals surface area contributed by atoms with Gasteiger partial charge in [-0.3, -0.25) is 0 Å². The van der Waals surface area contributed by atoms with E-state index in [9.17, 15) is 39.5 Å². The molecule has 9 heteroatoms. The molecule has 0 saturated heterocycles. The number of allylic oxidation sites excluding steroid dienone is 6. The van der Waals surface area contributed by atoms with Crippen LogP contribution < -0.4 is 0 Å². The van der Waals surface area contributed by atoms with Gasteiger partial charge in [-0.1, -0.05) is 0 Å². The Kier molecular flexibility index (Phi) is 5.68. The Labute approximate surface area is 124 Å². The summed E-state index contributed by atoms with van der Waals surface area (Å²) in [7, 11) is 0. The minimum absolute atomic E-state index is 0.377. The Hall–Kier alpha value is -2.19. The van der Waals surface area contributed by atoms with Crippen LogP contribution in [-0.2, 0) is 0 Å². The maximum atomic E-state index is 13.8. The third-order valence-electron chi connectivity index (χ3n) is 2.66. The first kappa shape index (κ1) is 18.9. The molecule has 126 valence electrons. The maximum Gasteiger partial charge on any atom is 0.200 e. The predicted octanol–water partition coefficient (Wildman–Crippen LogP) is 6.11. The number of halogens is 9. The number of benzene rings is 1. The topological polar surface area (TPSA) is 0 Å². The van der Waals surface area contributed by atoms with Gasteiger partial charge in [0.2, 0.25) is 5.82 Å². The zero-order valence-electron chi connectivity index (χ0n) is 11.5. The van der Waals surface area contributed by atoms with Gasteiger partial charge < -0.3 is 0 Å². The third-order valence-corrected chi connectivity index (χ3v) is 2.66. The fourth-order valence-corrected chi connectivity index (χ4v) is 1.56. The molecular weight excluding hydrogens is 339 g/mol. The SMILES string of the molecule is C/C=C(F)/C(F)=C(\C(F)=C(/C)F)c1c(F)c(F)c(F)c(F)c1F. The minimum Gasteiger partial charge on any atom is -0.209 e. The van der Waals surface area contributed by atoms with Crippen molar-refractivity contribution in [2.24, 2.45) is 0 Å². The fourth-order valence-electron chi connectivity index (χ4n) is 1.56. The van der Waals surface area contributed by atoms with Crippen LogP contribution in [0.1, 0.15) is 19.4 Å². The van der Waals surface area contributed by atoms with Crippen LogP contribution in [0.4, 0.5) is 39.5 Å². The standard InChI is InChI=1S/C14H7F9/c1-3-5(16)9(18)6(8(17)4(2)15)7-10(19)12(21)14(23)13(22)11(7)20/h3H,1-2H3/b5-3-,8-4-,9-6+. The first-order valence-corrected chi connectivity index (χ1v) is 5.82. The monoisotopic (exact) mass is 346 g/mol. The van der Waals surface area contributed by atoms with Crippen LogP contribution in [0, 0.1) is 29.1 Å². The molecule has 0 N–H and O–H groups in total. The molecule has 0 unspecified atom stereocenters. The summed E-state index contributed by atoms with van der Waals surface area (Å²) in [6.45, 7) is 1.28. The van der Waals surface area contributed by atoms with Crippen LogP contribution in [0.25, 0.3) is 5.57 Å². The second-order valence-electron chi connectivity index (χ2n) is 4.12. The quantitative estimate of drug-likeness (QED) is 0.268. The molecule has 1 aromatic rings. The molecule has 0 aliphatic carbocycles. The molecule has 1 aromatic carbocycles. The largest absolute Gasteiger partial charge is 0.209 e. The van der Waals surface area contributed by atoms with Gasteiger partial charge in [-0.05, 0) is 19.9 Å². The molecule has 0 aliphatic rings. The number of rotatable bonds is 3. The van der Waals surface area contributed by atoms with Gasteiger partial charge in [0.05, 0.1) is 11.1 Å². The van der Waals surface area contributed by atoms with Crippen LogP contribution in [0.2, 0.25) is 0 Å². The summed E-state index contributed by atoms with van der Waals surface area (Å²) in [4.78, 5) is 0. The van der Waals surface area contributed by atoms with E-state index in [1.165, 1.54) is 0 Å². The van der Waals surface area contributed by atoms with Crippen molar-refractivity contribution in [3.63, 3.8) is 0 Å². The van der Waals surface area contributed by atoms with E-state index in [0.29, 0.717) is 13.0 Å². The molecule has 0 spiro atoms. The number of hydrogen-bond donors (Lipinski definition) is 0. The van der Waals surface area contributed by atoms with Crippen molar-refractivity contribution in [3.05, 3.63) is 64.0 Å². The summed E-state index contributed by atoms with van der Waals surface area (Å²) in [5.41, 5.74) is -4.18. The highest BCUT2D eigenvalue weighted by Gasteiger charge is 2.32. The summed E-state index contributed by atoms with van der Waals surface area (Å²) in [5.74, 6) is -21.3. The number of hydrogen-bond acceptors (Lipinski definition) is 0. The van der Waals surface area contributed by atoms with E-state index in [1.807, 2.05) is 0 Å². The highest BCUT2D eigenvalue weighted by Crippen LogP contribution is 2.39. The molecule has 0 saturated carbocycles. The zero-order chi connectivity index (χ0) is 18.1. The fraction of sp³-hybridized carbons (Fsp3) is 0.143. The normalized spacial score (nSPS) is 14.7. The minimum atomic E-state index is -2.60. The first-order chi connectivity index (χ1) is 10.6. The van der Waals surface area contributed by atoms with E-state index in [1.54, 1.807) is 0 Å². The van der Waals surface area contributed by atoms with Gasteiger partial charge in [-0.25, -0.2) is 39.5 Å². The van der Waals surface area contributed by atoms with Crippen molar-refractivity contribution in [1.29, 1.82) is 0 Å². The van der Waals surface area contributed by atoms with E-state index >= 15 is 0 Å². The van der Waals surface area contributed by atoms with Crippen molar-refractivity contribution in [2.45, 2.75) is 13.8 Å². The Morgan fingerprint density at radius 1 is 0.696 bits per heavy atom. The van der Waals surface area contributed by atoms with E-state index < -0.39 is 63.5 Å². The Morgan fingerprint density at radius 3 is 1.43 bits per heavy atom. The van der Waals surface area contributed by atoms with E-state index in [4.69, 9.17) is 0 Å². The highest BCUT2D eigenvalue weighted by molar-refractivity contribution is 5.81. The molecule has 0 bridgehead atoms.